The zero-order valence-electron chi connectivity index (χ0n) is 17.5. The van der Waals surface area contributed by atoms with E-state index in [1.54, 1.807) is 30.3 Å². The third-order valence-electron chi connectivity index (χ3n) is 4.87. The monoisotopic (exact) mass is 434 g/mol. The van der Waals surface area contributed by atoms with E-state index in [9.17, 15) is 14.0 Å². The molecular weight excluding hydrogens is 407 g/mol. The molecule has 0 aliphatic carbocycles. The molecule has 7 heteroatoms. The smallest absolute Gasteiger partial charge is 0.261 e. The van der Waals surface area contributed by atoms with Crippen molar-refractivity contribution < 1.29 is 18.7 Å². The minimum atomic E-state index is -0.702. The normalized spacial score (nSPS) is 12.7. The SMILES string of the molecule is CC[C@H](C(=O)N[C@@H](C)CC)N(Cc1ccccc1Cl)C(=O)COc1ccccc1F. The first-order chi connectivity index (χ1) is 14.4. The number of nitrogens with one attached hydrogen (secondary N) is 1. The van der Waals surface area contributed by atoms with Crippen LogP contribution < -0.4 is 10.1 Å². The van der Waals surface area contributed by atoms with Crippen LogP contribution in [0.4, 0.5) is 4.39 Å². The van der Waals surface area contributed by atoms with Gasteiger partial charge in [-0.05, 0) is 43.5 Å². The molecule has 0 fully saturated rings. The molecule has 5 nitrogen and oxygen atoms in total. The second-order valence-corrected chi connectivity index (χ2v) is 7.48. The minimum Gasteiger partial charge on any atom is -0.481 e. The molecule has 2 atom stereocenters. The Labute approximate surface area is 182 Å². The average molecular weight is 435 g/mol. The summed E-state index contributed by atoms with van der Waals surface area (Å²) in [7, 11) is 0. The van der Waals surface area contributed by atoms with Gasteiger partial charge in [0, 0.05) is 17.6 Å². The van der Waals surface area contributed by atoms with Crippen LogP contribution in [0.1, 0.15) is 39.2 Å². The number of benzene rings is 2. The quantitative estimate of drug-likeness (QED) is 0.595. The highest BCUT2D eigenvalue weighted by Gasteiger charge is 2.30. The van der Waals surface area contributed by atoms with Gasteiger partial charge in [0.15, 0.2) is 18.2 Å². The molecule has 0 unspecified atom stereocenters. The molecule has 2 aromatic carbocycles. The van der Waals surface area contributed by atoms with Crippen LogP contribution in [0.25, 0.3) is 0 Å². The molecule has 2 aromatic rings. The van der Waals surface area contributed by atoms with Crippen molar-refractivity contribution in [2.24, 2.45) is 0 Å². The zero-order valence-corrected chi connectivity index (χ0v) is 18.3. The number of amides is 2. The number of ether oxygens (including phenoxy) is 1. The lowest BCUT2D eigenvalue weighted by Gasteiger charge is -2.31. The summed E-state index contributed by atoms with van der Waals surface area (Å²) >= 11 is 6.28. The second-order valence-electron chi connectivity index (χ2n) is 7.07. The van der Waals surface area contributed by atoms with E-state index in [2.05, 4.69) is 5.32 Å². The molecule has 0 aromatic heterocycles. The van der Waals surface area contributed by atoms with Crippen LogP contribution in [-0.2, 0) is 16.1 Å². The Balaban J connectivity index is 2.24. The van der Waals surface area contributed by atoms with Crippen molar-refractivity contribution >= 4 is 23.4 Å². The van der Waals surface area contributed by atoms with E-state index < -0.39 is 24.4 Å². The number of hydrogen-bond acceptors (Lipinski definition) is 3. The summed E-state index contributed by atoms with van der Waals surface area (Å²) in [5.41, 5.74) is 0.716. The lowest BCUT2D eigenvalue weighted by molar-refractivity contribution is -0.143. The molecule has 0 saturated heterocycles. The van der Waals surface area contributed by atoms with Gasteiger partial charge in [0.05, 0.1) is 0 Å². The molecular formula is C23H28ClFN2O3. The highest BCUT2D eigenvalue weighted by atomic mass is 35.5. The minimum absolute atomic E-state index is 0.0133. The maximum Gasteiger partial charge on any atom is 0.261 e. The summed E-state index contributed by atoms with van der Waals surface area (Å²) in [5.74, 6) is -1.23. The van der Waals surface area contributed by atoms with Crippen LogP contribution in [0, 0.1) is 5.82 Å². The molecule has 0 heterocycles. The van der Waals surface area contributed by atoms with Gasteiger partial charge in [-0.2, -0.15) is 0 Å². The summed E-state index contributed by atoms with van der Waals surface area (Å²) in [5, 5.41) is 3.43. The fourth-order valence-corrected chi connectivity index (χ4v) is 3.15. The van der Waals surface area contributed by atoms with Crippen LogP contribution in [0.2, 0.25) is 5.02 Å². The van der Waals surface area contributed by atoms with Gasteiger partial charge in [-0.1, -0.05) is 55.8 Å². The van der Waals surface area contributed by atoms with Crippen molar-refractivity contribution in [3.63, 3.8) is 0 Å². The summed E-state index contributed by atoms with van der Waals surface area (Å²) in [4.78, 5) is 27.4. The van der Waals surface area contributed by atoms with Gasteiger partial charge in [0.1, 0.15) is 6.04 Å². The van der Waals surface area contributed by atoms with Crippen LogP contribution in [0.3, 0.4) is 0 Å². The number of carbonyl (C=O) groups is 2. The topological polar surface area (TPSA) is 58.6 Å². The van der Waals surface area contributed by atoms with Crippen molar-refractivity contribution in [1.29, 1.82) is 0 Å². The summed E-state index contributed by atoms with van der Waals surface area (Å²) in [6, 6.07) is 12.3. The molecule has 0 spiro atoms. The maximum absolute atomic E-state index is 13.8. The largest absolute Gasteiger partial charge is 0.481 e. The number of halogens is 2. The standard InChI is InChI=1S/C23H28ClFN2O3/c1-4-16(3)26-23(29)20(5-2)27(14-17-10-6-7-11-18(17)24)22(28)15-30-21-13-9-8-12-19(21)25/h6-13,16,20H,4-5,14-15H2,1-3H3,(H,26,29)/t16-,20+/m0/s1. The van der Waals surface area contributed by atoms with Gasteiger partial charge in [-0.15, -0.1) is 0 Å². The molecule has 0 bridgehead atoms. The Morgan fingerprint density at radius 3 is 2.40 bits per heavy atom. The fourth-order valence-electron chi connectivity index (χ4n) is 2.95. The molecule has 1 N–H and O–H groups in total. The summed E-state index contributed by atoms with van der Waals surface area (Å²) in [6.07, 6.45) is 1.19. The summed E-state index contributed by atoms with van der Waals surface area (Å²) in [6.45, 7) is 5.47. The number of nitrogens with zero attached hydrogens (tertiary/aromatic N) is 1. The molecule has 162 valence electrons. The fraction of sp³-hybridized carbons (Fsp3) is 0.391. The zero-order chi connectivity index (χ0) is 22.1. The van der Waals surface area contributed by atoms with Crippen molar-refractivity contribution in [2.75, 3.05) is 6.61 Å². The molecule has 0 saturated carbocycles. The van der Waals surface area contributed by atoms with Crippen molar-refractivity contribution in [1.82, 2.24) is 10.2 Å². The molecule has 2 amide bonds. The molecule has 0 aliphatic heterocycles. The predicted molar refractivity (Wildman–Crippen MR) is 116 cm³/mol. The van der Waals surface area contributed by atoms with Crippen molar-refractivity contribution in [3.8, 4) is 5.75 Å². The van der Waals surface area contributed by atoms with Gasteiger partial charge in [0.2, 0.25) is 5.91 Å². The van der Waals surface area contributed by atoms with Gasteiger partial charge < -0.3 is 15.0 Å². The van der Waals surface area contributed by atoms with Crippen LogP contribution in [0.5, 0.6) is 5.75 Å². The third kappa shape index (κ3) is 6.46. The van der Waals surface area contributed by atoms with E-state index in [4.69, 9.17) is 16.3 Å². The van der Waals surface area contributed by atoms with Gasteiger partial charge in [0.25, 0.3) is 5.91 Å². The highest BCUT2D eigenvalue weighted by molar-refractivity contribution is 6.31. The molecule has 0 radical (unpaired) electrons. The Morgan fingerprint density at radius 2 is 1.77 bits per heavy atom. The van der Waals surface area contributed by atoms with Gasteiger partial charge in [-0.3, -0.25) is 9.59 Å². The average Bonchev–Trinajstić information content (AvgIpc) is 2.74. The third-order valence-corrected chi connectivity index (χ3v) is 5.24. The number of para-hydroxylation sites is 1. The van der Waals surface area contributed by atoms with E-state index in [0.717, 1.165) is 6.42 Å². The van der Waals surface area contributed by atoms with Gasteiger partial charge >= 0.3 is 0 Å². The van der Waals surface area contributed by atoms with Crippen LogP contribution in [-0.4, -0.2) is 35.4 Å². The lowest BCUT2D eigenvalue weighted by atomic mass is 10.1. The lowest BCUT2D eigenvalue weighted by Crippen LogP contribution is -2.51. The van der Waals surface area contributed by atoms with Crippen molar-refractivity contribution in [3.05, 3.63) is 64.9 Å². The predicted octanol–water partition coefficient (Wildman–Crippen LogP) is 4.58. The maximum atomic E-state index is 13.8. The molecule has 0 aliphatic rings. The van der Waals surface area contributed by atoms with E-state index >= 15 is 0 Å². The first-order valence-corrected chi connectivity index (χ1v) is 10.5. The van der Waals surface area contributed by atoms with Gasteiger partial charge in [-0.25, -0.2) is 4.39 Å². The number of hydrogen-bond donors (Lipinski definition) is 1. The van der Waals surface area contributed by atoms with E-state index in [1.165, 1.54) is 17.0 Å². The van der Waals surface area contributed by atoms with Crippen LogP contribution >= 0.6 is 11.6 Å². The Hall–Kier alpha value is -2.60. The van der Waals surface area contributed by atoms with Crippen molar-refractivity contribution in [2.45, 2.75) is 52.2 Å². The molecule has 30 heavy (non-hydrogen) atoms. The van der Waals surface area contributed by atoms with Crippen LogP contribution in [0.15, 0.2) is 48.5 Å². The van der Waals surface area contributed by atoms with E-state index in [-0.39, 0.29) is 24.2 Å². The molecule has 2 rings (SSSR count). The number of carbonyl (C=O) groups excluding carboxylic acids is 2. The highest BCUT2D eigenvalue weighted by Crippen LogP contribution is 2.21. The van der Waals surface area contributed by atoms with E-state index in [0.29, 0.717) is 17.0 Å². The Morgan fingerprint density at radius 1 is 1.10 bits per heavy atom. The first-order valence-electron chi connectivity index (χ1n) is 10.1. The first kappa shape index (κ1) is 23.7. The Kier molecular flexibility index (Phi) is 9.12. The van der Waals surface area contributed by atoms with E-state index in [1.807, 2.05) is 26.8 Å². The Bertz CT molecular complexity index is 862. The second kappa shape index (κ2) is 11.6. The summed E-state index contributed by atoms with van der Waals surface area (Å²) < 4.78 is 19.2. The number of rotatable bonds is 10.